The molecule has 0 spiro atoms. The topological polar surface area (TPSA) is 110 Å². The van der Waals surface area contributed by atoms with Crippen LogP contribution in [0.4, 0.5) is 5.13 Å². The van der Waals surface area contributed by atoms with E-state index in [4.69, 9.17) is 0 Å². The zero-order valence-electron chi connectivity index (χ0n) is 15.7. The van der Waals surface area contributed by atoms with Crippen molar-refractivity contribution in [1.82, 2.24) is 20.2 Å². The third-order valence-electron chi connectivity index (χ3n) is 4.39. The summed E-state index contributed by atoms with van der Waals surface area (Å²) < 4.78 is 4.66. The van der Waals surface area contributed by atoms with E-state index < -0.39 is 5.97 Å². The van der Waals surface area contributed by atoms with E-state index in [2.05, 4.69) is 30.2 Å². The molecule has 2 N–H and O–H groups in total. The van der Waals surface area contributed by atoms with E-state index in [-0.39, 0.29) is 5.91 Å². The minimum atomic E-state index is -0.450. The van der Waals surface area contributed by atoms with Gasteiger partial charge in [-0.15, -0.1) is 0 Å². The van der Waals surface area contributed by atoms with Gasteiger partial charge in [0.1, 0.15) is 10.3 Å². The molecule has 0 radical (unpaired) electrons. The third-order valence-corrected chi connectivity index (χ3v) is 5.27. The van der Waals surface area contributed by atoms with Gasteiger partial charge >= 0.3 is 5.97 Å². The molecule has 0 fully saturated rings. The smallest absolute Gasteiger partial charge is 0.337 e. The van der Waals surface area contributed by atoms with Crippen LogP contribution in [-0.2, 0) is 11.2 Å². The molecule has 0 aliphatic heterocycles. The molecule has 1 amide bonds. The Balaban J connectivity index is 1.55. The van der Waals surface area contributed by atoms with E-state index in [0.29, 0.717) is 21.8 Å². The minimum Gasteiger partial charge on any atom is -0.465 e. The molecular formula is C20H17N5O3S. The molecule has 0 saturated carbocycles. The number of aromatic nitrogens is 4. The first-order valence-electron chi connectivity index (χ1n) is 8.89. The number of H-pyrrole nitrogens is 1. The summed E-state index contributed by atoms with van der Waals surface area (Å²) in [6.07, 6.45) is 2.59. The lowest BCUT2D eigenvalue weighted by Crippen LogP contribution is -2.12. The molecule has 29 heavy (non-hydrogen) atoms. The zero-order valence-corrected chi connectivity index (χ0v) is 16.5. The van der Waals surface area contributed by atoms with Gasteiger partial charge < -0.3 is 4.74 Å². The highest BCUT2D eigenvalue weighted by molar-refractivity contribution is 7.22. The number of hydrogen-bond donors (Lipinski definition) is 2. The first-order valence-corrected chi connectivity index (χ1v) is 9.70. The van der Waals surface area contributed by atoms with Crippen molar-refractivity contribution in [2.75, 3.05) is 12.4 Å². The second-order valence-electron chi connectivity index (χ2n) is 6.18. The third kappa shape index (κ3) is 3.72. The molecule has 0 unspecified atom stereocenters. The number of esters is 1. The number of carbonyl (C=O) groups excluding carboxylic acids is 2. The van der Waals surface area contributed by atoms with Crippen LogP contribution in [0.15, 0.2) is 42.6 Å². The number of pyridine rings is 1. The monoisotopic (exact) mass is 407 g/mol. The Morgan fingerprint density at radius 1 is 1.10 bits per heavy atom. The highest BCUT2D eigenvalue weighted by atomic mass is 32.1. The predicted molar refractivity (Wildman–Crippen MR) is 110 cm³/mol. The first-order chi connectivity index (χ1) is 14.1. The van der Waals surface area contributed by atoms with Crippen LogP contribution < -0.4 is 5.32 Å². The van der Waals surface area contributed by atoms with Crippen LogP contribution in [0, 0.1) is 0 Å². The number of ether oxygens (including phenoxy) is 1. The number of rotatable bonds is 5. The van der Waals surface area contributed by atoms with Crippen molar-refractivity contribution >= 4 is 38.7 Å². The van der Waals surface area contributed by atoms with Gasteiger partial charge in [0.25, 0.3) is 5.91 Å². The molecule has 0 bridgehead atoms. The molecular weight excluding hydrogens is 390 g/mol. The number of thiazole rings is 1. The van der Waals surface area contributed by atoms with Gasteiger partial charge in [-0.1, -0.05) is 18.3 Å². The number of carbonyl (C=O) groups is 2. The lowest BCUT2D eigenvalue weighted by molar-refractivity contribution is 0.0600. The average molecular weight is 407 g/mol. The largest absolute Gasteiger partial charge is 0.465 e. The minimum absolute atomic E-state index is 0.316. The maximum atomic E-state index is 12.5. The Labute approximate surface area is 170 Å². The summed E-state index contributed by atoms with van der Waals surface area (Å²) in [5.74, 6) is -0.766. The molecule has 0 atom stereocenters. The van der Waals surface area contributed by atoms with Crippen LogP contribution in [0.2, 0.25) is 0 Å². The van der Waals surface area contributed by atoms with Crippen LogP contribution in [-0.4, -0.2) is 39.2 Å². The molecule has 8 nitrogen and oxygen atoms in total. The molecule has 3 heterocycles. The summed E-state index contributed by atoms with van der Waals surface area (Å²) in [7, 11) is 1.31. The fourth-order valence-corrected chi connectivity index (χ4v) is 3.70. The summed E-state index contributed by atoms with van der Waals surface area (Å²) >= 11 is 1.30. The molecule has 3 aromatic heterocycles. The number of amides is 1. The summed E-state index contributed by atoms with van der Waals surface area (Å²) in [4.78, 5) is 33.8. The number of nitrogens with one attached hydrogen (secondary N) is 2. The molecule has 1 aromatic carbocycles. The Bertz CT molecular complexity index is 1200. The second kappa shape index (κ2) is 7.80. The van der Waals surface area contributed by atoms with Crippen LogP contribution in [0.3, 0.4) is 0 Å². The first kappa shape index (κ1) is 18.8. The van der Waals surface area contributed by atoms with E-state index in [9.17, 15) is 9.59 Å². The summed E-state index contributed by atoms with van der Waals surface area (Å²) in [5, 5.41) is 10.3. The molecule has 146 valence electrons. The molecule has 4 rings (SSSR count). The Morgan fingerprint density at radius 3 is 2.59 bits per heavy atom. The van der Waals surface area contributed by atoms with Crippen LogP contribution in [0.25, 0.3) is 21.6 Å². The maximum Gasteiger partial charge on any atom is 0.337 e. The number of methoxy groups -OCH3 is 1. The highest BCUT2D eigenvalue weighted by Gasteiger charge is 2.14. The number of hydrogen-bond acceptors (Lipinski definition) is 7. The van der Waals surface area contributed by atoms with E-state index in [1.54, 1.807) is 30.5 Å². The number of aromatic amines is 1. The van der Waals surface area contributed by atoms with E-state index in [0.717, 1.165) is 28.2 Å². The Morgan fingerprint density at radius 2 is 1.86 bits per heavy atom. The predicted octanol–water partition coefficient (Wildman–Crippen LogP) is 3.68. The quantitative estimate of drug-likeness (QED) is 0.488. The van der Waals surface area contributed by atoms with Gasteiger partial charge in [0, 0.05) is 16.8 Å². The number of nitrogens with zero attached hydrogens (tertiary/aromatic N) is 3. The van der Waals surface area contributed by atoms with Crippen molar-refractivity contribution in [3.8, 4) is 11.3 Å². The van der Waals surface area contributed by atoms with E-state index >= 15 is 0 Å². The van der Waals surface area contributed by atoms with Crippen molar-refractivity contribution in [3.05, 3.63) is 59.4 Å². The fraction of sp³-hybridized carbons (Fsp3) is 0.150. The Kier molecular flexibility index (Phi) is 5.05. The van der Waals surface area contributed by atoms with Crippen molar-refractivity contribution in [1.29, 1.82) is 0 Å². The summed E-state index contributed by atoms with van der Waals surface area (Å²) in [6, 6.07) is 9.99. The van der Waals surface area contributed by atoms with Crippen LogP contribution in [0.5, 0.6) is 0 Å². The van der Waals surface area contributed by atoms with Gasteiger partial charge in [0.05, 0.1) is 24.6 Å². The standard InChI is InChI=1S/C20H17N5O3S/c1-3-14-13(10-21-25-14)15-8-9-16-18(22-15)29-20(23-16)24-17(26)11-4-6-12(7-5-11)19(27)28-2/h4-10H,3H2,1-2H3,(H,21,25)(H,23,24,26). The van der Waals surface area contributed by atoms with Gasteiger partial charge in [-0.05, 0) is 42.8 Å². The van der Waals surface area contributed by atoms with Gasteiger partial charge in [-0.2, -0.15) is 5.10 Å². The molecule has 0 aliphatic rings. The van der Waals surface area contributed by atoms with Crippen molar-refractivity contribution in [2.45, 2.75) is 13.3 Å². The van der Waals surface area contributed by atoms with Gasteiger partial charge in [0.2, 0.25) is 0 Å². The molecule has 0 aliphatic carbocycles. The number of fused-ring (bicyclic) bond motifs is 1. The van der Waals surface area contributed by atoms with Crippen LogP contribution in [0.1, 0.15) is 33.3 Å². The summed E-state index contributed by atoms with van der Waals surface area (Å²) in [5.41, 5.74) is 4.28. The summed E-state index contributed by atoms with van der Waals surface area (Å²) in [6.45, 7) is 2.05. The molecule has 4 aromatic rings. The zero-order chi connectivity index (χ0) is 20.4. The second-order valence-corrected chi connectivity index (χ2v) is 7.16. The van der Waals surface area contributed by atoms with Crippen LogP contribution >= 0.6 is 11.3 Å². The number of benzene rings is 1. The van der Waals surface area contributed by atoms with E-state index in [1.807, 2.05) is 19.1 Å². The van der Waals surface area contributed by atoms with Crippen molar-refractivity contribution < 1.29 is 14.3 Å². The van der Waals surface area contributed by atoms with Gasteiger partial charge in [-0.25, -0.2) is 14.8 Å². The lowest BCUT2D eigenvalue weighted by Gasteiger charge is -2.03. The van der Waals surface area contributed by atoms with E-state index in [1.165, 1.54) is 18.4 Å². The molecule has 0 saturated heterocycles. The normalized spacial score (nSPS) is 10.8. The van der Waals surface area contributed by atoms with Gasteiger partial charge in [0.15, 0.2) is 5.13 Å². The highest BCUT2D eigenvalue weighted by Crippen LogP contribution is 2.28. The average Bonchev–Trinajstić information content (AvgIpc) is 3.38. The maximum absolute atomic E-state index is 12.5. The number of anilines is 1. The Hall–Kier alpha value is -3.59. The lowest BCUT2D eigenvalue weighted by atomic mass is 10.1. The fourth-order valence-electron chi connectivity index (χ4n) is 2.87. The molecule has 9 heteroatoms. The SMILES string of the molecule is CCc1[nH]ncc1-c1ccc2nc(NC(=O)c3ccc(C(=O)OC)cc3)sc2n1. The van der Waals surface area contributed by atoms with Crippen molar-refractivity contribution in [2.24, 2.45) is 0 Å². The van der Waals surface area contributed by atoms with Crippen molar-refractivity contribution in [3.63, 3.8) is 0 Å². The van der Waals surface area contributed by atoms with Gasteiger partial charge in [-0.3, -0.25) is 15.2 Å². The number of aryl methyl sites for hydroxylation is 1.